The summed E-state index contributed by atoms with van der Waals surface area (Å²) in [4.78, 5) is 8.53. The second kappa shape index (κ2) is 5.29. The quantitative estimate of drug-likeness (QED) is 0.831. The number of hydrogen-bond acceptors (Lipinski definition) is 4. The van der Waals surface area contributed by atoms with Crippen LogP contribution < -0.4 is 0 Å². The van der Waals surface area contributed by atoms with Crippen LogP contribution in [0.3, 0.4) is 0 Å². The molecule has 0 radical (unpaired) electrons. The van der Waals surface area contributed by atoms with Crippen LogP contribution in [0.25, 0.3) is 0 Å². The summed E-state index contributed by atoms with van der Waals surface area (Å²) >= 11 is 0. The topological polar surface area (TPSA) is 51.8 Å². The first-order valence-electron chi connectivity index (χ1n) is 6.63. The largest absolute Gasteiger partial charge is 0.339 e. The Morgan fingerprint density at radius 1 is 1.11 bits per heavy atom. The van der Waals surface area contributed by atoms with Gasteiger partial charge in [-0.25, -0.2) is 0 Å². The molecule has 2 heterocycles. The van der Waals surface area contributed by atoms with Crippen molar-refractivity contribution in [1.82, 2.24) is 15.1 Å². The van der Waals surface area contributed by atoms with E-state index in [1.165, 1.54) is 37.7 Å². The molecule has 0 unspecified atom stereocenters. The van der Waals surface area contributed by atoms with Crippen LogP contribution in [0.5, 0.6) is 0 Å². The van der Waals surface area contributed by atoms with Crippen molar-refractivity contribution >= 4 is 0 Å². The van der Waals surface area contributed by atoms with Gasteiger partial charge in [-0.3, -0.25) is 4.98 Å². The fraction of sp³-hybridized carbons (Fsp3) is 0.500. The molecule has 18 heavy (non-hydrogen) atoms. The Labute approximate surface area is 106 Å². The maximum Gasteiger partial charge on any atom is 0.229 e. The number of nitrogens with zero attached hydrogens (tertiary/aromatic N) is 3. The van der Waals surface area contributed by atoms with Gasteiger partial charge in [-0.15, -0.1) is 0 Å². The lowest BCUT2D eigenvalue weighted by atomic mass is 9.89. The van der Waals surface area contributed by atoms with Crippen molar-refractivity contribution in [2.45, 2.75) is 44.4 Å². The van der Waals surface area contributed by atoms with Crippen molar-refractivity contribution in [2.75, 3.05) is 0 Å². The Kier molecular flexibility index (Phi) is 3.35. The molecule has 1 aliphatic rings. The molecule has 2 aromatic heterocycles. The molecule has 0 aromatic carbocycles. The third-order valence-electron chi connectivity index (χ3n) is 3.55. The van der Waals surface area contributed by atoms with Crippen molar-refractivity contribution in [3.8, 4) is 0 Å². The van der Waals surface area contributed by atoms with Gasteiger partial charge in [0.05, 0.1) is 0 Å². The zero-order valence-electron chi connectivity index (χ0n) is 10.4. The maximum atomic E-state index is 5.40. The molecule has 0 spiro atoms. The molecule has 1 fully saturated rings. The highest BCUT2D eigenvalue weighted by molar-refractivity contribution is 5.15. The lowest BCUT2D eigenvalue weighted by Crippen LogP contribution is -2.04. The molecule has 0 amide bonds. The van der Waals surface area contributed by atoms with Crippen molar-refractivity contribution < 1.29 is 4.52 Å². The highest BCUT2D eigenvalue weighted by atomic mass is 16.5. The monoisotopic (exact) mass is 243 g/mol. The van der Waals surface area contributed by atoms with Crippen LogP contribution in [0, 0.1) is 0 Å². The zero-order valence-corrected chi connectivity index (χ0v) is 10.4. The molecule has 0 bridgehead atoms. The first-order valence-corrected chi connectivity index (χ1v) is 6.63. The second-order valence-corrected chi connectivity index (χ2v) is 4.92. The number of aromatic nitrogens is 3. The third-order valence-corrected chi connectivity index (χ3v) is 3.55. The predicted molar refractivity (Wildman–Crippen MR) is 67.2 cm³/mol. The van der Waals surface area contributed by atoms with Crippen LogP contribution in [0.1, 0.15) is 55.3 Å². The highest BCUT2D eigenvalue weighted by Gasteiger charge is 2.21. The summed E-state index contributed by atoms with van der Waals surface area (Å²) in [7, 11) is 0. The summed E-state index contributed by atoms with van der Waals surface area (Å²) in [5.74, 6) is 2.10. The number of pyridine rings is 1. The molecule has 3 rings (SSSR count). The van der Waals surface area contributed by atoms with Crippen LogP contribution in [-0.2, 0) is 6.42 Å². The lowest BCUT2D eigenvalue weighted by Gasteiger charge is -2.17. The normalized spacial score (nSPS) is 16.9. The van der Waals surface area contributed by atoms with E-state index in [-0.39, 0.29) is 0 Å². The van der Waals surface area contributed by atoms with Crippen molar-refractivity contribution in [1.29, 1.82) is 0 Å². The Bertz CT molecular complexity index is 489. The SMILES string of the molecule is c1cc(Cc2noc(C3CCCCC3)n2)ccn1. The molecule has 94 valence electrons. The van der Waals surface area contributed by atoms with Crippen LogP contribution in [0.15, 0.2) is 29.0 Å². The maximum absolute atomic E-state index is 5.40. The Morgan fingerprint density at radius 2 is 1.89 bits per heavy atom. The fourth-order valence-corrected chi connectivity index (χ4v) is 2.54. The average Bonchev–Trinajstić information content (AvgIpc) is 2.89. The molecule has 4 nitrogen and oxygen atoms in total. The average molecular weight is 243 g/mol. The number of hydrogen-bond donors (Lipinski definition) is 0. The van der Waals surface area contributed by atoms with Gasteiger partial charge in [0.15, 0.2) is 5.82 Å². The van der Waals surface area contributed by atoms with E-state index in [9.17, 15) is 0 Å². The molecule has 1 aliphatic carbocycles. The first kappa shape index (κ1) is 11.4. The van der Waals surface area contributed by atoms with E-state index in [1.54, 1.807) is 12.4 Å². The zero-order chi connectivity index (χ0) is 12.2. The van der Waals surface area contributed by atoms with E-state index in [4.69, 9.17) is 4.52 Å². The fourth-order valence-electron chi connectivity index (χ4n) is 2.54. The predicted octanol–water partition coefficient (Wildman–Crippen LogP) is 3.10. The van der Waals surface area contributed by atoms with E-state index >= 15 is 0 Å². The van der Waals surface area contributed by atoms with Gasteiger partial charge < -0.3 is 4.52 Å². The van der Waals surface area contributed by atoms with E-state index in [1.807, 2.05) is 12.1 Å². The van der Waals surface area contributed by atoms with E-state index in [0.717, 1.165) is 18.1 Å². The Morgan fingerprint density at radius 3 is 2.67 bits per heavy atom. The van der Waals surface area contributed by atoms with Gasteiger partial charge in [0.1, 0.15) is 0 Å². The Hall–Kier alpha value is -1.71. The van der Waals surface area contributed by atoms with Gasteiger partial charge in [0, 0.05) is 24.7 Å². The molecule has 4 heteroatoms. The highest BCUT2D eigenvalue weighted by Crippen LogP contribution is 2.31. The molecule has 0 N–H and O–H groups in total. The summed E-state index contributed by atoms with van der Waals surface area (Å²) in [5.41, 5.74) is 1.17. The smallest absolute Gasteiger partial charge is 0.229 e. The van der Waals surface area contributed by atoms with E-state index in [0.29, 0.717) is 5.92 Å². The minimum Gasteiger partial charge on any atom is -0.339 e. The molecular weight excluding hydrogens is 226 g/mol. The molecule has 0 atom stereocenters. The van der Waals surface area contributed by atoms with Gasteiger partial charge >= 0.3 is 0 Å². The van der Waals surface area contributed by atoms with Crippen LogP contribution in [0.4, 0.5) is 0 Å². The molecular formula is C14H17N3O. The summed E-state index contributed by atoms with van der Waals surface area (Å²) in [6.07, 6.45) is 10.6. The van der Waals surface area contributed by atoms with Gasteiger partial charge in [-0.1, -0.05) is 24.4 Å². The minimum atomic E-state index is 0.484. The molecule has 0 aliphatic heterocycles. The van der Waals surface area contributed by atoms with Gasteiger partial charge in [-0.2, -0.15) is 4.98 Å². The van der Waals surface area contributed by atoms with Crippen molar-refractivity contribution in [2.24, 2.45) is 0 Å². The van der Waals surface area contributed by atoms with Gasteiger partial charge in [0.25, 0.3) is 0 Å². The van der Waals surface area contributed by atoms with Gasteiger partial charge in [0.2, 0.25) is 5.89 Å². The van der Waals surface area contributed by atoms with Gasteiger partial charge in [-0.05, 0) is 30.5 Å². The van der Waals surface area contributed by atoms with Crippen molar-refractivity contribution in [3.63, 3.8) is 0 Å². The first-order chi connectivity index (χ1) is 8.92. The molecule has 1 saturated carbocycles. The summed E-state index contributed by atoms with van der Waals surface area (Å²) in [6, 6.07) is 3.97. The number of rotatable bonds is 3. The Balaban J connectivity index is 1.69. The molecule has 0 saturated heterocycles. The lowest BCUT2D eigenvalue weighted by molar-refractivity contribution is 0.312. The van der Waals surface area contributed by atoms with Crippen LogP contribution in [0.2, 0.25) is 0 Å². The second-order valence-electron chi connectivity index (χ2n) is 4.92. The minimum absolute atomic E-state index is 0.484. The van der Waals surface area contributed by atoms with Crippen LogP contribution in [-0.4, -0.2) is 15.1 Å². The third kappa shape index (κ3) is 2.58. The van der Waals surface area contributed by atoms with Crippen LogP contribution >= 0.6 is 0 Å². The summed E-state index contributed by atoms with van der Waals surface area (Å²) < 4.78 is 5.40. The van der Waals surface area contributed by atoms with Crippen molar-refractivity contribution in [3.05, 3.63) is 41.8 Å². The molecule has 2 aromatic rings. The summed E-state index contributed by atoms with van der Waals surface area (Å²) in [5, 5.41) is 4.08. The van der Waals surface area contributed by atoms with E-state index < -0.39 is 0 Å². The van der Waals surface area contributed by atoms with E-state index in [2.05, 4.69) is 15.1 Å². The summed E-state index contributed by atoms with van der Waals surface area (Å²) in [6.45, 7) is 0. The standard InChI is InChI=1S/C14H17N3O/c1-2-4-12(5-3-1)14-16-13(17-18-14)10-11-6-8-15-9-7-11/h6-9,12H,1-5,10H2.